The summed E-state index contributed by atoms with van der Waals surface area (Å²) < 4.78 is 6.48. The largest absolute Gasteiger partial charge is 0.436 e. The Balaban J connectivity index is 0.991. The molecule has 0 amide bonds. The van der Waals surface area contributed by atoms with Crippen LogP contribution >= 0.6 is 0 Å². The molecule has 0 saturated carbocycles. The molecular weight excluding hydrogens is 849 g/mol. The Hall–Kier alpha value is -9.31. The number of fused-ring (bicyclic) bond motifs is 5. The summed E-state index contributed by atoms with van der Waals surface area (Å²) in [5.41, 5.74) is 17.3. The summed E-state index contributed by atoms with van der Waals surface area (Å²) in [7, 11) is 0. The van der Waals surface area contributed by atoms with Crippen LogP contribution in [0.5, 0.6) is 0 Å². The molecule has 0 aliphatic rings. The molecule has 13 rings (SSSR count). The number of para-hydroxylation sites is 1. The molecule has 0 N–H and O–H groups in total. The molecule has 0 radical (unpaired) electrons. The molecule has 0 aliphatic heterocycles. The van der Waals surface area contributed by atoms with E-state index in [4.69, 9.17) is 9.40 Å². The highest BCUT2D eigenvalue weighted by Gasteiger charge is 2.24. The third kappa shape index (κ3) is 7.29. The van der Waals surface area contributed by atoms with Crippen molar-refractivity contribution in [1.29, 1.82) is 0 Å². The molecule has 13 aromatic rings. The summed E-state index contributed by atoms with van der Waals surface area (Å²) in [6.07, 6.45) is 0. The average Bonchev–Trinajstić information content (AvgIpc) is 3.89. The van der Waals surface area contributed by atoms with E-state index in [2.05, 4.69) is 272 Å². The van der Waals surface area contributed by atoms with Crippen molar-refractivity contribution in [1.82, 2.24) is 4.98 Å². The SMILES string of the molecule is c1ccc(-c2ccc(N(c3ccc(-c4cccc5ccccc45)cc3-c3ccccc3)c3ccccc3-c3ccccc3-c3cccc4c3ccc3oc(-c5ccc6ccccc6c5)nc34)cc2)cc1. The van der Waals surface area contributed by atoms with Gasteiger partial charge in [-0.3, -0.25) is 0 Å². The van der Waals surface area contributed by atoms with Crippen LogP contribution in [0, 0.1) is 0 Å². The minimum atomic E-state index is 0.616. The second-order valence-corrected chi connectivity index (χ2v) is 17.8. The fraction of sp³-hybridized carbons (Fsp3) is 0. The number of rotatable bonds is 9. The Bertz CT molecular complexity index is 4060. The van der Waals surface area contributed by atoms with Crippen molar-refractivity contribution in [3.05, 3.63) is 267 Å². The normalized spacial score (nSPS) is 11.4. The van der Waals surface area contributed by atoms with Crippen molar-refractivity contribution >= 4 is 60.5 Å². The molecule has 0 bridgehead atoms. The van der Waals surface area contributed by atoms with Crippen LogP contribution in [0.3, 0.4) is 0 Å². The smallest absolute Gasteiger partial charge is 0.227 e. The zero-order valence-electron chi connectivity index (χ0n) is 38.2. The van der Waals surface area contributed by atoms with Gasteiger partial charge < -0.3 is 9.32 Å². The van der Waals surface area contributed by atoms with Gasteiger partial charge in [-0.2, -0.15) is 0 Å². The van der Waals surface area contributed by atoms with E-state index < -0.39 is 0 Å². The minimum absolute atomic E-state index is 0.616. The van der Waals surface area contributed by atoms with Crippen LogP contribution in [0.2, 0.25) is 0 Å². The number of hydrogen-bond donors (Lipinski definition) is 0. The Labute approximate surface area is 406 Å². The summed E-state index contributed by atoms with van der Waals surface area (Å²) in [4.78, 5) is 7.61. The molecule has 0 atom stereocenters. The Kier molecular flexibility index (Phi) is 10.2. The van der Waals surface area contributed by atoms with E-state index in [9.17, 15) is 0 Å². The second-order valence-electron chi connectivity index (χ2n) is 17.8. The molecule has 0 aliphatic carbocycles. The average molecular weight is 893 g/mol. The lowest BCUT2D eigenvalue weighted by Gasteiger charge is -2.31. The number of anilines is 3. The first-order valence-electron chi connectivity index (χ1n) is 23.9. The first kappa shape index (κ1) is 40.9. The van der Waals surface area contributed by atoms with E-state index in [1.807, 2.05) is 0 Å². The van der Waals surface area contributed by atoms with Gasteiger partial charge in [0.2, 0.25) is 5.89 Å². The Morgan fingerprint density at radius 1 is 0.286 bits per heavy atom. The van der Waals surface area contributed by atoms with Gasteiger partial charge in [-0.15, -0.1) is 0 Å². The van der Waals surface area contributed by atoms with E-state index in [0.29, 0.717) is 5.89 Å². The van der Waals surface area contributed by atoms with E-state index in [-0.39, 0.29) is 0 Å². The summed E-state index contributed by atoms with van der Waals surface area (Å²) in [6, 6.07) is 95.9. The lowest BCUT2D eigenvalue weighted by molar-refractivity contribution is 0.620. The van der Waals surface area contributed by atoms with Crippen LogP contribution in [-0.4, -0.2) is 4.98 Å². The Morgan fingerprint density at radius 3 is 1.66 bits per heavy atom. The third-order valence-corrected chi connectivity index (χ3v) is 13.7. The van der Waals surface area contributed by atoms with Crippen LogP contribution in [0.4, 0.5) is 17.1 Å². The second kappa shape index (κ2) is 17.4. The van der Waals surface area contributed by atoms with Gasteiger partial charge in [0, 0.05) is 27.8 Å². The summed E-state index contributed by atoms with van der Waals surface area (Å²) in [5, 5.41) is 6.96. The van der Waals surface area contributed by atoms with Gasteiger partial charge in [-0.05, 0) is 126 Å². The lowest BCUT2D eigenvalue weighted by atomic mass is 9.89. The predicted octanol–water partition coefficient (Wildman–Crippen LogP) is 18.8. The summed E-state index contributed by atoms with van der Waals surface area (Å²) in [6.45, 7) is 0. The van der Waals surface area contributed by atoms with Crippen LogP contribution in [0.25, 0.3) is 111 Å². The topological polar surface area (TPSA) is 29.3 Å². The van der Waals surface area contributed by atoms with E-state index >= 15 is 0 Å². The van der Waals surface area contributed by atoms with Gasteiger partial charge in [0.15, 0.2) is 5.58 Å². The standard InChI is InChI=1S/C67H44N2O/c1-3-17-45(18-4-1)47-35-38-53(39-36-47)69(64-41-37-51(44-62(64)49-20-5-2-6-21-49)55-29-15-24-48-22-9-10-25-54(48)55)63-32-14-13-28-60(63)58-27-12-11-26-56(58)57-30-16-31-61-59(57)40-42-65-66(61)68-67(70-65)52-34-33-46-19-7-8-23-50(46)43-52/h1-44H. The maximum atomic E-state index is 6.48. The number of oxazole rings is 1. The van der Waals surface area contributed by atoms with Gasteiger partial charge in [0.1, 0.15) is 5.52 Å². The zero-order chi connectivity index (χ0) is 46.4. The summed E-state index contributed by atoms with van der Waals surface area (Å²) >= 11 is 0. The molecule has 0 spiro atoms. The molecule has 12 aromatic carbocycles. The van der Waals surface area contributed by atoms with Crippen molar-refractivity contribution in [3.63, 3.8) is 0 Å². The van der Waals surface area contributed by atoms with E-state index in [1.54, 1.807) is 0 Å². The molecule has 0 saturated heterocycles. The van der Waals surface area contributed by atoms with Crippen molar-refractivity contribution in [2.75, 3.05) is 4.90 Å². The van der Waals surface area contributed by atoms with Gasteiger partial charge in [-0.1, -0.05) is 212 Å². The summed E-state index contributed by atoms with van der Waals surface area (Å²) in [5.74, 6) is 0.616. The van der Waals surface area contributed by atoms with Crippen LogP contribution in [0.1, 0.15) is 0 Å². The van der Waals surface area contributed by atoms with Crippen molar-refractivity contribution in [3.8, 4) is 67.1 Å². The fourth-order valence-electron chi connectivity index (χ4n) is 10.3. The zero-order valence-corrected chi connectivity index (χ0v) is 38.2. The highest BCUT2D eigenvalue weighted by molar-refractivity contribution is 6.11. The number of hydrogen-bond acceptors (Lipinski definition) is 3. The number of aromatic nitrogens is 1. The molecule has 70 heavy (non-hydrogen) atoms. The van der Waals surface area contributed by atoms with Crippen molar-refractivity contribution < 1.29 is 4.42 Å². The van der Waals surface area contributed by atoms with Crippen LogP contribution < -0.4 is 4.90 Å². The third-order valence-electron chi connectivity index (χ3n) is 13.7. The van der Waals surface area contributed by atoms with E-state index in [0.717, 1.165) is 83.3 Å². The number of nitrogens with zero attached hydrogens (tertiary/aromatic N) is 2. The van der Waals surface area contributed by atoms with Gasteiger partial charge in [0.05, 0.1) is 11.4 Å². The molecule has 328 valence electrons. The number of benzene rings is 12. The molecule has 1 heterocycles. The molecular formula is C67H44N2O. The lowest BCUT2D eigenvalue weighted by Crippen LogP contribution is -2.12. The van der Waals surface area contributed by atoms with Crippen molar-refractivity contribution in [2.45, 2.75) is 0 Å². The first-order valence-corrected chi connectivity index (χ1v) is 23.9. The van der Waals surface area contributed by atoms with E-state index in [1.165, 1.54) is 38.4 Å². The van der Waals surface area contributed by atoms with Gasteiger partial charge >= 0.3 is 0 Å². The molecule has 3 heteroatoms. The maximum Gasteiger partial charge on any atom is 0.227 e. The minimum Gasteiger partial charge on any atom is -0.436 e. The monoisotopic (exact) mass is 892 g/mol. The van der Waals surface area contributed by atoms with Crippen LogP contribution in [0.15, 0.2) is 271 Å². The molecule has 0 fully saturated rings. The van der Waals surface area contributed by atoms with Crippen molar-refractivity contribution in [2.24, 2.45) is 0 Å². The highest BCUT2D eigenvalue weighted by atomic mass is 16.3. The molecule has 0 unspecified atom stereocenters. The Morgan fingerprint density at radius 2 is 0.843 bits per heavy atom. The molecule has 3 nitrogen and oxygen atoms in total. The van der Waals surface area contributed by atoms with Crippen LogP contribution in [-0.2, 0) is 0 Å². The quantitative estimate of drug-likeness (QED) is 0.145. The molecule has 1 aromatic heterocycles. The highest BCUT2D eigenvalue weighted by Crippen LogP contribution is 2.49. The van der Waals surface area contributed by atoms with Gasteiger partial charge in [0.25, 0.3) is 0 Å². The first-order chi connectivity index (χ1) is 34.7. The maximum absolute atomic E-state index is 6.48. The van der Waals surface area contributed by atoms with Gasteiger partial charge in [-0.25, -0.2) is 4.98 Å². The fourth-order valence-corrected chi connectivity index (χ4v) is 10.3. The predicted molar refractivity (Wildman–Crippen MR) is 294 cm³/mol.